The Balaban J connectivity index is 1.35. The van der Waals surface area contributed by atoms with Gasteiger partial charge in [0.2, 0.25) is 0 Å². The van der Waals surface area contributed by atoms with Gasteiger partial charge in [-0.15, -0.1) is 0 Å². The van der Waals surface area contributed by atoms with Crippen molar-refractivity contribution in [1.29, 1.82) is 0 Å². The summed E-state index contributed by atoms with van der Waals surface area (Å²) >= 11 is 0. The predicted molar refractivity (Wildman–Crippen MR) is 157 cm³/mol. The second-order valence-corrected chi connectivity index (χ2v) is 10.9. The molecule has 222 valence electrons. The van der Waals surface area contributed by atoms with E-state index in [1.54, 1.807) is 43.5 Å². The number of pyridine rings is 2. The number of piperidine rings is 1. The smallest absolute Gasteiger partial charge is 0.256 e. The van der Waals surface area contributed by atoms with Gasteiger partial charge in [-0.3, -0.25) is 9.78 Å². The number of hydrogen-bond acceptors (Lipinski definition) is 7. The number of aliphatic hydroxyl groups is 1. The van der Waals surface area contributed by atoms with Crippen LogP contribution in [0.2, 0.25) is 0 Å². The van der Waals surface area contributed by atoms with Crippen molar-refractivity contribution in [3.8, 4) is 22.8 Å². The first-order chi connectivity index (χ1) is 20.8. The van der Waals surface area contributed by atoms with Crippen molar-refractivity contribution < 1.29 is 28.2 Å². The maximum atomic E-state index is 14.9. The van der Waals surface area contributed by atoms with E-state index in [-0.39, 0.29) is 42.8 Å². The summed E-state index contributed by atoms with van der Waals surface area (Å²) in [6.45, 7) is 1.82. The van der Waals surface area contributed by atoms with Gasteiger partial charge < -0.3 is 24.4 Å². The molecule has 4 heterocycles. The second-order valence-electron chi connectivity index (χ2n) is 10.9. The number of carbonyl (C=O) groups excluding carboxylic acids is 1. The maximum Gasteiger partial charge on any atom is 0.256 e. The molecule has 6 rings (SSSR count). The number of aliphatic hydroxyl groups excluding tert-OH is 1. The molecule has 8 nitrogen and oxygen atoms in total. The number of β-amino-alcohol motifs (C(OH)–C–C–N with tert-alkyl or cyclic N) is 1. The van der Waals surface area contributed by atoms with E-state index in [0.717, 1.165) is 30.6 Å². The zero-order valence-electron chi connectivity index (χ0n) is 24.0. The van der Waals surface area contributed by atoms with Gasteiger partial charge in [0, 0.05) is 36.8 Å². The number of halogens is 2. The van der Waals surface area contributed by atoms with Crippen molar-refractivity contribution in [3.63, 3.8) is 0 Å². The van der Waals surface area contributed by atoms with E-state index in [1.807, 2.05) is 18.2 Å². The molecule has 4 aromatic rings. The molecule has 0 spiro atoms. The molecule has 2 aromatic heterocycles. The number of aromatic nitrogens is 2. The highest BCUT2D eigenvalue weighted by atomic mass is 19.1. The van der Waals surface area contributed by atoms with E-state index in [2.05, 4.69) is 14.9 Å². The van der Waals surface area contributed by atoms with E-state index >= 15 is 0 Å². The van der Waals surface area contributed by atoms with Gasteiger partial charge in [-0.05, 0) is 60.9 Å². The third-order valence-electron chi connectivity index (χ3n) is 8.03. The van der Waals surface area contributed by atoms with Gasteiger partial charge in [0.15, 0.2) is 0 Å². The Labute approximate surface area is 248 Å². The first-order valence-electron chi connectivity index (χ1n) is 14.2. The molecule has 2 aliphatic heterocycles. The number of rotatable bonds is 8. The Morgan fingerprint density at radius 2 is 1.81 bits per heavy atom. The summed E-state index contributed by atoms with van der Waals surface area (Å²) in [4.78, 5) is 26.8. The quantitative estimate of drug-likeness (QED) is 0.306. The minimum absolute atomic E-state index is 0.125. The molecule has 0 aliphatic carbocycles. The van der Waals surface area contributed by atoms with Gasteiger partial charge >= 0.3 is 0 Å². The van der Waals surface area contributed by atoms with Crippen LogP contribution in [-0.4, -0.2) is 59.3 Å². The third kappa shape index (κ3) is 5.75. The van der Waals surface area contributed by atoms with E-state index < -0.39 is 11.6 Å². The molecule has 43 heavy (non-hydrogen) atoms. The second kappa shape index (κ2) is 12.0. The number of carbonyl (C=O) groups is 1. The summed E-state index contributed by atoms with van der Waals surface area (Å²) < 4.78 is 40.6. The zero-order chi connectivity index (χ0) is 30.1. The summed E-state index contributed by atoms with van der Waals surface area (Å²) in [7, 11) is 3.12. The summed E-state index contributed by atoms with van der Waals surface area (Å²) in [5, 5.41) is 10.1. The molecule has 1 amide bonds. The van der Waals surface area contributed by atoms with Crippen molar-refractivity contribution in [1.82, 2.24) is 14.9 Å². The van der Waals surface area contributed by atoms with Gasteiger partial charge in [-0.1, -0.05) is 6.07 Å². The van der Waals surface area contributed by atoms with Gasteiger partial charge in [-0.2, -0.15) is 0 Å². The first kappa shape index (κ1) is 28.5. The fraction of sp³-hybridized carbons (Fsp3) is 0.303. The Bertz CT molecular complexity index is 1640. The Morgan fingerprint density at radius 3 is 2.51 bits per heavy atom. The van der Waals surface area contributed by atoms with Gasteiger partial charge in [0.1, 0.15) is 23.1 Å². The average molecular weight is 587 g/mol. The topological polar surface area (TPSA) is 88.0 Å². The monoisotopic (exact) mass is 586 g/mol. The van der Waals surface area contributed by atoms with Crippen LogP contribution in [0.25, 0.3) is 11.3 Å². The Kier molecular flexibility index (Phi) is 7.94. The van der Waals surface area contributed by atoms with Crippen LogP contribution in [0, 0.1) is 11.6 Å². The fourth-order valence-corrected chi connectivity index (χ4v) is 5.86. The number of nitrogens with zero attached hydrogens (tertiary/aromatic N) is 4. The van der Waals surface area contributed by atoms with Crippen LogP contribution in [0.4, 0.5) is 14.5 Å². The lowest BCUT2D eigenvalue weighted by molar-refractivity contribution is 0.0764. The number of amides is 1. The van der Waals surface area contributed by atoms with Crippen LogP contribution in [0.5, 0.6) is 11.5 Å². The van der Waals surface area contributed by atoms with Crippen LogP contribution >= 0.6 is 0 Å². The largest absolute Gasteiger partial charge is 0.497 e. The molecule has 10 heteroatoms. The molecule has 2 aliphatic rings. The molecular formula is C33H32F2N4O4. The van der Waals surface area contributed by atoms with Crippen LogP contribution < -0.4 is 14.4 Å². The summed E-state index contributed by atoms with van der Waals surface area (Å²) in [5.41, 5.74) is 3.73. The highest BCUT2D eigenvalue weighted by Crippen LogP contribution is 2.35. The van der Waals surface area contributed by atoms with Gasteiger partial charge in [0.05, 0.1) is 67.8 Å². The molecule has 0 bridgehead atoms. The number of methoxy groups -OCH3 is 2. The lowest BCUT2D eigenvalue weighted by Crippen LogP contribution is -2.38. The molecule has 0 saturated carbocycles. The molecule has 1 saturated heterocycles. The Morgan fingerprint density at radius 1 is 1.00 bits per heavy atom. The van der Waals surface area contributed by atoms with Crippen molar-refractivity contribution in [2.75, 3.05) is 32.2 Å². The Hall–Kier alpha value is -4.57. The van der Waals surface area contributed by atoms with Crippen molar-refractivity contribution in [2.45, 2.75) is 38.5 Å². The van der Waals surface area contributed by atoms with E-state index in [1.165, 1.54) is 18.2 Å². The van der Waals surface area contributed by atoms with Crippen LogP contribution in [0.3, 0.4) is 0 Å². The number of ether oxygens (including phenoxy) is 2. The molecule has 2 aromatic carbocycles. The highest BCUT2D eigenvalue weighted by Gasteiger charge is 2.33. The summed E-state index contributed by atoms with van der Waals surface area (Å²) in [5.74, 6) is -0.472. The average Bonchev–Trinajstić information content (AvgIpc) is 3.32. The molecule has 0 radical (unpaired) electrons. The number of benzene rings is 2. The van der Waals surface area contributed by atoms with Crippen molar-refractivity contribution in [2.24, 2.45) is 0 Å². The number of hydrogen-bond donors (Lipinski definition) is 1. The van der Waals surface area contributed by atoms with Gasteiger partial charge in [-0.25, -0.2) is 13.8 Å². The SMILES string of the molecule is COc1ccc(CN2Cc3nc(-c4c(F)cccc4F)cc(Cc4ccc(N5CCCC(O)C5)cn4)c3C2=O)c(OC)c1. The maximum absolute atomic E-state index is 14.9. The molecule has 1 N–H and O–H groups in total. The van der Waals surface area contributed by atoms with Crippen LogP contribution in [0.1, 0.15) is 45.7 Å². The van der Waals surface area contributed by atoms with E-state index in [9.17, 15) is 18.7 Å². The molecule has 1 atom stereocenters. The fourth-order valence-electron chi connectivity index (χ4n) is 5.86. The zero-order valence-corrected chi connectivity index (χ0v) is 24.0. The summed E-state index contributed by atoms with van der Waals surface area (Å²) in [6.07, 6.45) is 3.36. The minimum atomic E-state index is -0.728. The number of fused-ring (bicyclic) bond motifs is 1. The summed E-state index contributed by atoms with van der Waals surface area (Å²) in [6, 6.07) is 14.5. The van der Waals surface area contributed by atoms with Crippen molar-refractivity contribution in [3.05, 3.63) is 101 Å². The lowest BCUT2D eigenvalue weighted by Gasteiger charge is -2.31. The molecular weight excluding hydrogens is 554 g/mol. The molecule has 1 unspecified atom stereocenters. The third-order valence-corrected chi connectivity index (χ3v) is 8.03. The van der Waals surface area contributed by atoms with E-state index in [0.29, 0.717) is 40.6 Å². The van der Waals surface area contributed by atoms with Crippen LogP contribution in [-0.2, 0) is 19.5 Å². The molecule has 1 fully saturated rings. The normalized spacial score (nSPS) is 16.4. The van der Waals surface area contributed by atoms with Gasteiger partial charge in [0.25, 0.3) is 5.91 Å². The van der Waals surface area contributed by atoms with E-state index in [4.69, 9.17) is 9.47 Å². The predicted octanol–water partition coefficient (Wildman–Crippen LogP) is 5.15. The van der Waals surface area contributed by atoms with Crippen molar-refractivity contribution >= 4 is 11.6 Å². The minimum Gasteiger partial charge on any atom is -0.497 e. The standard InChI is InChI=1S/C33H32F2N4O4/c1-42-25-11-8-20(30(15-25)43-2)17-39-19-29-31(33(39)41)21(14-28(37-29)32-26(34)6-3-7-27(32)35)13-22-9-10-23(16-36-22)38-12-4-5-24(40)18-38/h3,6-11,14-16,24,40H,4-5,12-13,17-19H2,1-2H3. The number of anilines is 1. The highest BCUT2D eigenvalue weighted by molar-refractivity contribution is 5.99. The van der Waals surface area contributed by atoms with Crippen LogP contribution in [0.15, 0.2) is 60.8 Å². The lowest BCUT2D eigenvalue weighted by atomic mass is 9.98. The first-order valence-corrected chi connectivity index (χ1v) is 14.2.